The van der Waals surface area contributed by atoms with E-state index in [4.69, 9.17) is 9.47 Å². The van der Waals surface area contributed by atoms with Crippen molar-refractivity contribution < 1.29 is 19.1 Å². The predicted molar refractivity (Wildman–Crippen MR) is 33.3 cm³/mol. The zero-order chi connectivity index (χ0) is 7.90. The normalized spacial score (nSPS) is 34.5. The Hall–Kier alpha value is -1.32. The van der Waals surface area contributed by atoms with Gasteiger partial charge in [-0.05, 0) is 0 Å². The first kappa shape index (κ1) is 6.39. The van der Waals surface area contributed by atoms with Crippen molar-refractivity contribution in [3.05, 3.63) is 12.2 Å². The molecule has 0 N–H and O–H groups in total. The van der Waals surface area contributed by atoms with Crippen LogP contribution in [0.2, 0.25) is 0 Å². The van der Waals surface area contributed by atoms with E-state index < -0.39 is 11.8 Å². The van der Waals surface area contributed by atoms with E-state index in [1.165, 1.54) is 12.2 Å². The molecule has 58 valence electrons. The predicted octanol–water partition coefficient (Wildman–Crippen LogP) is 0.133. The molecule has 0 saturated carbocycles. The fraction of sp³-hybridized carbons (Fsp3) is 0.429. The van der Waals surface area contributed by atoms with E-state index in [2.05, 4.69) is 0 Å². The molecular weight excluding hydrogens is 148 g/mol. The Morgan fingerprint density at radius 2 is 2.18 bits per heavy atom. The first-order valence-electron chi connectivity index (χ1n) is 3.34. The van der Waals surface area contributed by atoms with Crippen molar-refractivity contribution >= 4 is 11.9 Å². The fourth-order valence-corrected chi connectivity index (χ4v) is 1.19. The van der Waals surface area contributed by atoms with Gasteiger partial charge in [0.1, 0.15) is 0 Å². The van der Waals surface area contributed by atoms with E-state index in [9.17, 15) is 9.59 Å². The summed E-state index contributed by atoms with van der Waals surface area (Å²) in [4.78, 5) is 21.3. The summed E-state index contributed by atoms with van der Waals surface area (Å²) >= 11 is 0. The molecule has 1 unspecified atom stereocenters. The quantitative estimate of drug-likeness (QED) is 0.465. The second-order valence-corrected chi connectivity index (χ2v) is 2.54. The summed E-state index contributed by atoms with van der Waals surface area (Å²) in [6.45, 7) is 0. The molecule has 1 atom stereocenters. The zero-order valence-electron chi connectivity index (χ0n) is 5.70. The van der Waals surface area contributed by atoms with E-state index >= 15 is 0 Å². The maximum atomic E-state index is 10.7. The smallest absolute Gasteiger partial charge is 0.334 e. The first-order valence-corrected chi connectivity index (χ1v) is 3.34. The highest BCUT2D eigenvalue weighted by molar-refractivity contribution is 5.86. The third kappa shape index (κ3) is 0.906. The number of carbonyl (C=O) groups is 2. The lowest BCUT2D eigenvalue weighted by molar-refractivity contribution is -0.188. The van der Waals surface area contributed by atoms with Gasteiger partial charge in [0.25, 0.3) is 5.79 Å². The van der Waals surface area contributed by atoms with Gasteiger partial charge in [0, 0.05) is 18.6 Å². The van der Waals surface area contributed by atoms with Crippen LogP contribution in [0.15, 0.2) is 12.2 Å². The van der Waals surface area contributed by atoms with Crippen molar-refractivity contribution in [2.45, 2.75) is 18.6 Å². The zero-order valence-corrected chi connectivity index (χ0v) is 5.70. The van der Waals surface area contributed by atoms with Crippen LogP contribution in [0.25, 0.3) is 0 Å². The summed E-state index contributed by atoms with van der Waals surface area (Å²) in [5.74, 6) is -1.81. The number of hydrogen-bond donors (Lipinski definition) is 0. The summed E-state index contributed by atoms with van der Waals surface area (Å²) in [6.07, 6.45) is 3.52. The van der Waals surface area contributed by atoms with Gasteiger partial charge >= 0.3 is 11.9 Å². The molecule has 0 amide bonds. The fourth-order valence-electron chi connectivity index (χ4n) is 1.19. The molecule has 0 aliphatic carbocycles. The summed E-state index contributed by atoms with van der Waals surface area (Å²) < 4.78 is 9.60. The Morgan fingerprint density at radius 1 is 1.36 bits per heavy atom. The van der Waals surface area contributed by atoms with Crippen LogP contribution in [0.1, 0.15) is 12.8 Å². The van der Waals surface area contributed by atoms with Gasteiger partial charge in [0.15, 0.2) is 0 Å². The van der Waals surface area contributed by atoms with Crippen LogP contribution in [0.4, 0.5) is 0 Å². The molecule has 1 saturated heterocycles. The van der Waals surface area contributed by atoms with Crippen molar-refractivity contribution in [1.29, 1.82) is 0 Å². The molecule has 0 aromatic carbocycles. The van der Waals surface area contributed by atoms with Crippen molar-refractivity contribution in [3.8, 4) is 0 Å². The monoisotopic (exact) mass is 154 g/mol. The molecule has 0 radical (unpaired) electrons. The second-order valence-electron chi connectivity index (χ2n) is 2.54. The molecule has 4 heteroatoms. The molecular formula is C7H6O4. The summed E-state index contributed by atoms with van der Waals surface area (Å²) in [5.41, 5.74) is 0. The summed E-state index contributed by atoms with van der Waals surface area (Å²) in [6, 6.07) is 0. The van der Waals surface area contributed by atoms with Gasteiger partial charge in [0.2, 0.25) is 0 Å². The lowest BCUT2D eigenvalue weighted by Crippen LogP contribution is -2.27. The van der Waals surface area contributed by atoms with Crippen LogP contribution in [0.3, 0.4) is 0 Å². The van der Waals surface area contributed by atoms with Crippen LogP contribution in [0.5, 0.6) is 0 Å². The maximum Gasteiger partial charge on any atom is 0.334 e. The van der Waals surface area contributed by atoms with E-state index in [1.807, 2.05) is 0 Å². The number of carbonyl (C=O) groups excluding carboxylic acids is 2. The third-order valence-corrected chi connectivity index (χ3v) is 1.71. The van der Waals surface area contributed by atoms with Crippen molar-refractivity contribution in [2.24, 2.45) is 0 Å². The van der Waals surface area contributed by atoms with Crippen LogP contribution < -0.4 is 0 Å². The lowest BCUT2D eigenvalue weighted by Gasteiger charge is -2.17. The van der Waals surface area contributed by atoms with Gasteiger partial charge in [-0.3, -0.25) is 4.79 Å². The van der Waals surface area contributed by atoms with E-state index in [-0.39, 0.29) is 5.97 Å². The van der Waals surface area contributed by atoms with Gasteiger partial charge in [0.05, 0.1) is 6.42 Å². The van der Waals surface area contributed by atoms with Crippen molar-refractivity contribution in [2.75, 3.05) is 0 Å². The van der Waals surface area contributed by atoms with Gasteiger partial charge < -0.3 is 9.47 Å². The molecule has 1 fully saturated rings. The average Bonchev–Trinajstić information content (AvgIpc) is 2.44. The molecule has 2 aliphatic rings. The Kier molecular flexibility index (Phi) is 1.07. The van der Waals surface area contributed by atoms with E-state index in [0.29, 0.717) is 12.8 Å². The third-order valence-electron chi connectivity index (χ3n) is 1.71. The SMILES string of the molecule is O=C1C=CC2(CCC(=O)O2)O1. The topological polar surface area (TPSA) is 52.6 Å². The highest BCUT2D eigenvalue weighted by Crippen LogP contribution is 2.32. The Morgan fingerprint density at radius 3 is 2.64 bits per heavy atom. The summed E-state index contributed by atoms with van der Waals surface area (Å²) in [5, 5.41) is 0. The van der Waals surface area contributed by atoms with Crippen LogP contribution in [-0.2, 0) is 19.1 Å². The lowest BCUT2D eigenvalue weighted by atomic mass is 10.2. The van der Waals surface area contributed by atoms with Crippen molar-refractivity contribution in [1.82, 2.24) is 0 Å². The molecule has 0 aromatic rings. The number of ether oxygens (including phenoxy) is 2. The van der Waals surface area contributed by atoms with Crippen LogP contribution in [0, 0.1) is 0 Å². The molecule has 0 bridgehead atoms. The average molecular weight is 154 g/mol. The maximum absolute atomic E-state index is 10.7. The minimum absolute atomic E-state index is 0.315. The molecule has 1 spiro atoms. The number of esters is 2. The second kappa shape index (κ2) is 1.84. The summed E-state index contributed by atoms with van der Waals surface area (Å²) in [7, 11) is 0. The molecule has 0 aromatic heterocycles. The Labute approximate surface area is 62.8 Å². The highest BCUT2D eigenvalue weighted by atomic mass is 16.7. The minimum atomic E-state index is -1.05. The van der Waals surface area contributed by atoms with E-state index in [1.54, 1.807) is 0 Å². The van der Waals surface area contributed by atoms with Gasteiger partial charge in [-0.25, -0.2) is 4.79 Å². The van der Waals surface area contributed by atoms with Crippen LogP contribution in [-0.4, -0.2) is 17.7 Å². The molecule has 2 heterocycles. The molecule has 4 nitrogen and oxygen atoms in total. The minimum Gasteiger partial charge on any atom is -0.418 e. The molecule has 11 heavy (non-hydrogen) atoms. The van der Waals surface area contributed by atoms with Crippen molar-refractivity contribution in [3.63, 3.8) is 0 Å². The van der Waals surface area contributed by atoms with Crippen LogP contribution >= 0.6 is 0 Å². The largest absolute Gasteiger partial charge is 0.418 e. The number of rotatable bonds is 0. The standard InChI is InChI=1S/C7H6O4/c8-5-1-3-7(10-5)4-2-6(9)11-7/h1,3H,2,4H2. The first-order chi connectivity index (χ1) is 5.20. The van der Waals surface area contributed by atoms with Gasteiger partial charge in [-0.1, -0.05) is 0 Å². The van der Waals surface area contributed by atoms with Gasteiger partial charge in [-0.2, -0.15) is 0 Å². The van der Waals surface area contributed by atoms with Gasteiger partial charge in [-0.15, -0.1) is 0 Å². The Balaban J connectivity index is 2.20. The molecule has 2 aliphatic heterocycles. The Bertz CT molecular complexity index is 255. The highest BCUT2D eigenvalue weighted by Gasteiger charge is 2.44. The van der Waals surface area contributed by atoms with E-state index in [0.717, 1.165) is 0 Å². The number of hydrogen-bond acceptors (Lipinski definition) is 4. The molecule has 2 rings (SSSR count).